The summed E-state index contributed by atoms with van der Waals surface area (Å²) in [7, 11) is 3.54. The van der Waals surface area contributed by atoms with E-state index in [9.17, 15) is 19.2 Å². The Morgan fingerprint density at radius 1 is 1.07 bits per heavy atom. The van der Waals surface area contributed by atoms with Gasteiger partial charge in [-0.3, -0.25) is 18.7 Å². The van der Waals surface area contributed by atoms with E-state index in [0.29, 0.717) is 18.0 Å². The molecule has 0 bridgehead atoms. The van der Waals surface area contributed by atoms with Gasteiger partial charge in [-0.25, -0.2) is 19.6 Å². The van der Waals surface area contributed by atoms with Gasteiger partial charge in [-0.1, -0.05) is 12.1 Å². The Bertz CT molecular complexity index is 1890. The molecular weight excluding hydrogens is 568 g/mol. The van der Waals surface area contributed by atoms with Gasteiger partial charge in [0.15, 0.2) is 12.3 Å². The van der Waals surface area contributed by atoms with Crippen molar-refractivity contribution in [3.63, 3.8) is 0 Å². The molecule has 3 aromatic heterocycles. The Morgan fingerprint density at radius 3 is 2.55 bits per heavy atom. The number of nitrogens with zero attached hydrogens (tertiary/aromatic N) is 4. The number of imidazole rings is 1. The van der Waals surface area contributed by atoms with Crippen molar-refractivity contribution in [3.05, 3.63) is 81.8 Å². The highest BCUT2D eigenvalue weighted by molar-refractivity contribution is 6.08. The molecule has 0 saturated heterocycles. The number of rotatable bonds is 5. The van der Waals surface area contributed by atoms with Gasteiger partial charge in [0, 0.05) is 33.4 Å². The maximum atomic E-state index is 12.5. The number of halogens is 1. The number of nitrogens with one attached hydrogen (secondary N) is 3. The SMILES string of the molecule is Cl.Cn1c(=O)n(C)c2cc(CN)ccc21.O=C1COc2ccc(CNC(=O)c3ncnc4c(C(=O)O)c[nH]c34)cc2N1. The van der Waals surface area contributed by atoms with Gasteiger partial charge in [0.05, 0.1) is 22.2 Å². The van der Waals surface area contributed by atoms with Gasteiger partial charge in [0.1, 0.15) is 23.2 Å². The summed E-state index contributed by atoms with van der Waals surface area (Å²) in [4.78, 5) is 57.3. The van der Waals surface area contributed by atoms with Gasteiger partial charge >= 0.3 is 11.7 Å². The molecule has 14 nitrogen and oxygen atoms in total. The number of carboxylic acid groups (broad SMARTS) is 1. The molecule has 2 amide bonds. The lowest BCUT2D eigenvalue weighted by atomic mass is 10.1. The molecule has 2 aromatic carbocycles. The summed E-state index contributed by atoms with van der Waals surface area (Å²) in [5.41, 5.74) is 10.2. The minimum Gasteiger partial charge on any atom is -0.482 e. The summed E-state index contributed by atoms with van der Waals surface area (Å²) < 4.78 is 8.56. The van der Waals surface area contributed by atoms with E-state index in [-0.39, 0.29) is 59.4 Å². The number of carbonyl (C=O) groups excluding carboxylic acids is 2. The van der Waals surface area contributed by atoms with Crippen LogP contribution in [0, 0.1) is 0 Å². The summed E-state index contributed by atoms with van der Waals surface area (Å²) in [6, 6.07) is 11.0. The number of carboxylic acids is 1. The predicted octanol–water partition coefficient (Wildman–Crippen LogP) is 1.67. The third-order valence-corrected chi connectivity index (χ3v) is 6.61. The van der Waals surface area contributed by atoms with Gasteiger partial charge in [-0.15, -0.1) is 12.4 Å². The molecule has 42 heavy (non-hydrogen) atoms. The van der Waals surface area contributed by atoms with Crippen LogP contribution in [0.2, 0.25) is 0 Å². The summed E-state index contributed by atoms with van der Waals surface area (Å²) in [5, 5.41) is 14.6. The molecule has 0 aliphatic carbocycles. The van der Waals surface area contributed by atoms with Crippen molar-refractivity contribution in [2.24, 2.45) is 19.8 Å². The van der Waals surface area contributed by atoms with Gasteiger partial charge in [0.25, 0.3) is 11.8 Å². The second-order valence-corrected chi connectivity index (χ2v) is 9.23. The van der Waals surface area contributed by atoms with E-state index >= 15 is 0 Å². The lowest BCUT2D eigenvalue weighted by Gasteiger charge is -2.18. The molecule has 0 spiro atoms. The molecule has 0 atom stereocenters. The normalized spacial score (nSPS) is 11.9. The number of aromatic amines is 1. The molecule has 0 radical (unpaired) electrons. The Hall–Kier alpha value is -5.21. The fourth-order valence-corrected chi connectivity index (χ4v) is 4.46. The Morgan fingerprint density at radius 2 is 1.81 bits per heavy atom. The number of aromatic nitrogens is 5. The summed E-state index contributed by atoms with van der Waals surface area (Å²) >= 11 is 0. The van der Waals surface area contributed by atoms with E-state index in [1.54, 1.807) is 41.4 Å². The standard InChI is InChI=1S/C17H13N5O5.C10H13N3O.ClH/c23-12-6-27-11-2-1-8(3-10(11)22-12)4-19-16(24)15-14-13(20-7-21-15)9(5-18-14)17(25)26;1-12-8-4-3-7(6-11)5-9(8)13(2)10(12)14;/h1-3,5,7,18H,4,6H2,(H,19,24)(H,22,23)(H,25,26);3-5H,6,11H2,1-2H3;1H. The van der Waals surface area contributed by atoms with Gasteiger partial charge < -0.3 is 31.2 Å². The molecular formula is C27H27ClN8O6. The molecule has 0 unspecified atom stereocenters. The zero-order valence-electron chi connectivity index (χ0n) is 22.5. The summed E-state index contributed by atoms with van der Waals surface area (Å²) in [6.07, 6.45) is 2.41. The molecule has 15 heteroatoms. The molecule has 0 saturated carbocycles. The maximum absolute atomic E-state index is 12.5. The number of fused-ring (bicyclic) bond motifs is 3. The van der Waals surface area contributed by atoms with Gasteiger partial charge in [-0.2, -0.15) is 0 Å². The fourth-order valence-electron chi connectivity index (χ4n) is 4.46. The van der Waals surface area contributed by atoms with Crippen molar-refractivity contribution in [3.8, 4) is 5.75 Å². The average Bonchev–Trinajstić information content (AvgIpc) is 3.51. The number of benzene rings is 2. The number of hydrogen-bond acceptors (Lipinski definition) is 8. The second kappa shape index (κ2) is 12.1. The molecule has 0 fully saturated rings. The van der Waals surface area contributed by atoms with E-state index in [2.05, 4.69) is 25.6 Å². The van der Waals surface area contributed by atoms with Gasteiger partial charge in [0.2, 0.25) is 0 Å². The molecule has 218 valence electrons. The Kier molecular flexibility index (Phi) is 8.59. The minimum absolute atomic E-state index is 0. The smallest absolute Gasteiger partial charge is 0.339 e. The molecule has 5 aromatic rings. The molecule has 4 heterocycles. The van der Waals surface area contributed by atoms with Crippen molar-refractivity contribution in [2.75, 3.05) is 11.9 Å². The molecule has 1 aliphatic heterocycles. The number of nitrogens with two attached hydrogens (primary N) is 1. The maximum Gasteiger partial charge on any atom is 0.339 e. The average molecular weight is 595 g/mol. The first-order valence-electron chi connectivity index (χ1n) is 12.4. The third kappa shape index (κ3) is 5.66. The Balaban J connectivity index is 0.000000228. The Labute approximate surface area is 243 Å². The first-order valence-corrected chi connectivity index (χ1v) is 12.4. The summed E-state index contributed by atoms with van der Waals surface area (Å²) in [6.45, 7) is 0.653. The van der Waals surface area contributed by atoms with E-state index in [1.165, 1.54) is 6.20 Å². The van der Waals surface area contributed by atoms with Crippen LogP contribution in [-0.4, -0.2) is 53.6 Å². The second-order valence-electron chi connectivity index (χ2n) is 9.23. The van der Waals surface area contributed by atoms with E-state index in [4.69, 9.17) is 15.6 Å². The number of carbonyl (C=O) groups is 3. The van der Waals surface area contributed by atoms with Crippen molar-refractivity contribution in [1.29, 1.82) is 0 Å². The number of ether oxygens (including phenoxy) is 1. The largest absolute Gasteiger partial charge is 0.482 e. The highest BCUT2D eigenvalue weighted by Crippen LogP contribution is 2.28. The topological polar surface area (TPSA) is 199 Å². The zero-order chi connectivity index (χ0) is 29.3. The minimum atomic E-state index is -1.15. The number of hydrogen-bond donors (Lipinski definition) is 5. The van der Waals surface area contributed by atoms with Crippen LogP contribution in [0.5, 0.6) is 5.75 Å². The lowest BCUT2D eigenvalue weighted by Crippen LogP contribution is -2.26. The lowest BCUT2D eigenvalue weighted by molar-refractivity contribution is -0.118. The number of amides is 2. The van der Waals surface area contributed by atoms with Crippen LogP contribution in [0.1, 0.15) is 32.0 Å². The number of aromatic carboxylic acids is 1. The fraction of sp³-hybridized carbons (Fsp3) is 0.185. The molecule has 1 aliphatic rings. The van der Waals surface area contributed by atoms with E-state index in [1.807, 2.05) is 18.2 Å². The molecule has 6 N–H and O–H groups in total. The highest BCUT2D eigenvalue weighted by Gasteiger charge is 2.20. The van der Waals surface area contributed by atoms with Crippen LogP contribution in [0.25, 0.3) is 22.1 Å². The quantitative estimate of drug-likeness (QED) is 0.201. The van der Waals surface area contributed by atoms with Crippen molar-refractivity contribution in [2.45, 2.75) is 13.1 Å². The first-order chi connectivity index (χ1) is 19.7. The number of H-pyrrole nitrogens is 1. The zero-order valence-corrected chi connectivity index (χ0v) is 23.3. The van der Waals surface area contributed by atoms with E-state index in [0.717, 1.165) is 28.5 Å². The molecule has 6 rings (SSSR count). The first kappa shape index (κ1) is 29.8. The number of anilines is 1. The number of aryl methyl sites for hydroxylation is 2. The van der Waals surface area contributed by atoms with Crippen LogP contribution in [0.15, 0.2) is 53.7 Å². The van der Waals surface area contributed by atoms with Crippen LogP contribution in [0.4, 0.5) is 5.69 Å². The van der Waals surface area contributed by atoms with Gasteiger partial charge in [-0.05, 0) is 35.4 Å². The van der Waals surface area contributed by atoms with Crippen molar-refractivity contribution < 1.29 is 24.2 Å². The van der Waals surface area contributed by atoms with Crippen molar-refractivity contribution >= 4 is 57.9 Å². The summed E-state index contributed by atoms with van der Waals surface area (Å²) in [5.74, 6) is -1.31. The third-order valence-electron chi connectivity index (χ3n) is 6.61. The predicted molar refractivity (Wildman–Crippen MR) is 156 cm³/mol. The van der Waals surface area contributed by atoms with Crippen LogP contribution in [-0.2, 0) is 32.0 Å². The van der Waals surface area contributed by atoms with Crippen LogP contribution < -0.4 is 26.8 Å². The highest BCUT2D eigenvalue weighted by atomic mass is 35.5. The van der Waals surface area contributed by atoms with Crippen LogP contribution >= 0.6 is 12.4 Å². The van der Waals surface area contributed by atoms with E-state index < -0.39 is 11.9 Å². The monoisotopic (exact) mass is 594 g/mol. The van der Waals surface area contributed by atoms with Crippen molar-refractivity contribution in [1.82, 2.24) is 29.4 Å². The van der Waals surface area contributed by atoms with Crippen LogP contribution in [0.3, 0.4) is 0 Å².